The zero-order valence-corrected chi connectivity index (χ0v) is 15.4. The quantitative estimate of drug-likeness (QED) is 0.585. The molecule has 134 valence electrons. The lowest BCUT2D eigenvalue weighted by Gasteiger charge is -2.13. The van der Waals surface area contributed by atoms with Gasteiger partial charge in [-0.15, -0.1) is 0 Å². The Kier molecular flexibility index (Phi) is 7.35. The van der Waals surface area contributed by atoms with E-state index in [4.69, 9.17) is 21.1 Å². The lowest BCUT2D eigenvalue weighted by atomic mass is 10.1. The standard InChI is InChI=1S/C18H23ClN4O2/c1-20-18(23-12-13-4-7-17(25-3)22-11-13)21-9-8-14-5-6-15(24-2)10-16(14)19/h4-7,10-11H,8-9,12H2,1-3H3,(H2,20,21,23). The van der Waals surface area contributed by atoms with Crippen molar-refractivity contribution in [3.63, 3.8) is 0 Å². The van der Waals surface area contributed by atoms with Gasteiger partial charge in [-0.2, -0.15) is 0 Å². The Hall–Kier alpha value is -2.47. The summed E-state index contributed by atoms with van der Waals surface area (Å²) in [5, 5.41) is 7.22. The summed E-state index contributed by atoms with van der Waals surface area (Å²) in [5.74, 6) is 2.08. The fraction of sp³-hybridized carbons (Fsp3) is 0.333. The van der Waals surface area contributed by atoms with Gasteiger partial charge in [-0.25, -0.2) is 4.98 Å². The predicted molar refractivity (Wildman–Crippen MR) is 101 cm³/mol. The second-order valence-electron chi connectivity index (χ2n) is 5.27. The van der Waals surface area contributed by atoms with Crippen LogP contribution in [-0.4, -0.2) is 38.8 Å². The van der Waals surface area contributed by atoms with E-state index in [2.05, 4.69) is 20.6 Å². The highest BCUT2D eigenvalue weighted by Gasteiger charge is 2.04. The van der Waals surface area contributed by atoms with Crippen LogP contribution < -0.4 is 20.1 Å². The van der Waals surface area contributed by atoms with Crippen LogP contribution in [0.4, 0.5) is 0 Å². The Bertz CT molecular complexity index is 705. The number of pyridine rings is 1. The Morgan fingerprint density at radius 3 is 2.60 bits per heavy atom. The monoisotopic (exact) mass is 362 g/mol. The molecule has 0 unspecified atom stereocenters. The average molecular weight is 363 g/mol. The third-order valence-electron chi connectivity index (χ3n) is 3.64. The number of methoxy groups -OCH3 is 2. The molecule has 1 aromatic carbocycles. The minimum atomic E-state index is 0.600. The maximum Gasteiger partial charge on any atom is 0.212 e. The molecular weight excluding hydrogens is 340 g/mol. The molecule has 1 heterocycles. The second kappa shape index (κ2) is 9.74. The van der Waals surface area contributed by atoms with E-state index in [-0.39, 0.29) is 0 Å². The minimum absolute atomic E-state index is 0.600. The molecule has 0 aliphatic carbocycles. The van der Waals surface area contributed by atoms with Crippen LogP contribution in [0.2, 0.25) is 5.02 Å². The van der Waals surface area contributed by atoms with Gasteiger partial charge in [0, 0.05) is 37.4 Å². The molecule has 0 bridgehead atoms. The van der Waals surface area contributed by atoms with Gasteiger partial charge < -0.3 is 20.1 Å². The van der Waals surface area contributed by atoms with Crippen LogP contribution in [0.1, 0.15) is 11.1 Å². The van der Waals surface area contributed by atoms with Gasteiger partial charge >= 0.3 is 0 Å². The number of hydrogen-bond acceptors (Lipinski definition) is 4. The lowest BCUT2D eigenvalue weighted by molar-refractivity contribution is 0.397. The normalized spacial score (nSPS) is 11.1. The molecule has 1 aromatic heterocycles. The second-order valence-corrected chi connectivity index (χ2v) is 5.68. The highest BCUT2D eigenvalue weighted by atomic mass is 35.5. The molecule has 25 heavy (non-hydrogen) atoms. The van der Waals surface area contributed by atoms with Gasteiger partial charge in [0.25, 0.3) is 0 Å². The number of benzene rings is 1. The molecule has 0 atom stereocenters. The smallest absolute Gasteiger partial charge is 0.212 e. The number of nitrogens with zero attached hydrogens (tertiary/aromatic N) is 2. The van der Waals surface area contributed by atoms with Crippen LogP contribution in [-0.2, 0) is 13.0 Å². The fourth-order valence-electron chi connectivity index (χ4n) is 2.22. The van der Waals surface area contributed by atoms with Crippen LogP contribution in [0.5, 0.6) is 11.6 Å². The van der Waals surface area contributed by atoms with Crippen LogP contribution in [0, 0.1) is 0 Å². The first-order valence-corrected chi connectivity index (χ1v) is 8.30. The summed E-state index contributed by atoms with van der Waals surface area (Å²) in [6.45, 7) is 1.34. The third-order valence-corrected chi connectivity index (χ3v) is 3.99. The van der Waals surface area contributed by atoms with Crippen molar-refractivity contribution < 1.29 is 9.47 Å². The zero-order chi connectivity index (χ0) is 18.1. The Morgan fingerprint density at radius 1 is 1.16 bits per heavy atom. The van der Waals surface area contributed by atoms with E-state index < -0.39 is 0 Å². The van der Waals surface area contributed by atoms with E-state index in [0.29, 0.717) is 24.0 Å². The fourth-order valence-corrected chi connectivity index (χ4v) is 2.48. The molecule has 2 aromatic rings. The van der Waals surface area contributed by atoms with Gasteiger partial charge in [0.1, 0.15) is 5.75 Å². The molecule has 2 rings (SSSR count). The topological polar surface area (TPSA) is 67.8 Å². The molecule has 0 amide bonds. The van der Waals surface area contributed by atoms with Crippen LogP contribution in [0.15, 0.2) is 41.5 Å². The van der Waals surface area contributed by atoms with Gasteiger partial charge in [-0.05, 0) is 29.7 Å². The first-order chi connectivity index (χ1) is 12.2. The predicted octanol–water partition coefficient (Wildman–Crippen LogP) is 2.66. The highest BCUT2D eigenvalue weighted by Crippen LogP contribution is 2.22. The first-order valence-electron chi connectivity index (χ1n) is 7.92. The summed E-state index contributed by atoms with van der Waals surface area (Å²) in [4.78, 5) is 8.39. The molecule has 0 radical (unpaired) electrons. The number of nitrogens with one attached hydrogen (secondary N) is 2. The molecule has 0 saturated carbocycles. The van der Waals surface area contributed by atoms with Gasteiger partial charge in [-0.1, -0.05) is 23.7 Å². The molecule has 7 heteroatoms. The summed E-state index contributed by atoms with van der Waals surface area (Å²) in [6.07, 6.45) is 2.56. The molecule has 0 saturated heterocycles. The van der Waals surface area contributed by atoms with Crippen molar-refractivity contribution in [2.24, 2.45) is 4.99 Å². The lowest BCUT2D eigenvalue weighted by Crippen LogP contribution is -2.37. The summed E-state index contributed by atoms with van der Waals surface area (Å²) in [6, 6.07) is 9.50. The number of hydrogen-bond donors (Lipinski definition) is 2. The van der Waals surface area contributed by atoms with E-state index in [1.54, 1.807) is 27.5 Å². The molecule has 0 aliphatic heterocycles. The maximum atomic E-state index is 6.25. The van der Waals surface area contributed by atoms with Crippen molar-refractivity contribution >= 4 is 17.6 Å². The van der Waals surface area contributed by atoms with Crippen molar-refractivity contribution in [2.45, 2.75) is 13.0 Å². The minimum Gasteiger partial charge on any atom is -0.497 e. The number of guanidine groups is 1. The van der Waals surface area contributed by atoms with Gasteiger partial charge in [0.2, 0.25) is 5.88 Å². The molecule has 0 spiro atoms. The first kappa shape index (κ1) is 18.9. The maximum absolute atomic E-state index is 6.25. The van der Waals surface area contributed by atoms with Crippen LogP contribution in [0.25, 0.3) is 0 Å². The van der Waals surface area contributed by atoms with Gasteiger partial charge in [0.15, 0.2) is 5.96 Å². The molecular formula is C18H23ClN4O2. The van der Waals surface area contributed by atoms with Crippen molar-refractivity contribution in [1.82, 2.24) is 15.6 Å². The number of ether oxygens (including phenoxy) is 2. The van der Waals surface area contributed by atoms with Crippen molar-refractivity contribution in [1.29, 1.82) is 0 Å². The molecule has 2 N–H and O–H groups in total. The number of aliphatic imine (C=N–C) groups is 1. The summed E-state index contributed by atoms with van der Waals surface area (Å²) >= 11 is 6.25. The zero-order valence-electron chi connectivity index (χ0n) is 14.7. The number of halogens is 1. The Morgan fingerprint density at radius 2 is 2.00 bits per heavy atom. The van der Waals surface area contributed by atoms with Gasteiger partial charge in [0.05, 0.1) is 14.2 Å². The van der Waals surface area contributed by atoms with E-state index in [9.17, 15) is 0 Å². The highest BCUT2D eigenvalue weighted by molar-refractivity contribution is 6.31. The average Bonchev–Trinajstić information content (AvgIpc) is 2.66. The van der Waals surface area contributed by atoms with E-state index in [1.165, 1.54) is 0 Å². The van der Waals surface area contributed by atoms with Crippen molar-refractivity contribution in [3.05, 3.63) is 52.7 Å². The van der Waals surface area contributed by atoms with E-state index >= 15 is 0 Å². The molecule has 6 nitrogen and oxygen atoms in total. The van der Waals surface area contributed by atoms with E-state index in [0.717, 1.165) is 29.3 Å². The third kappa shape index (κ3) is 5.83. The number of aromatic nitrogens is 1. The van der Waals surface area contributed by atoms with Crippen molar-refractivity contribution in [3.8, 4) is 11.6 Å². The van der Waals surface area contributed by atoms with Crippen LogP contribution >= 0.6 is 11.6 Å². The Balaban J connectivity index is 1.80. The van der Waals surface area contributed by atoms with Crippen molar-refractivity contribution in [2.75, 3.05) is 27.8 Å². The summed E-state index contributed by atoms with van der Waals surface area (Å²) in [5.41, 5.74) is 2.10. The molecule has 0 fully saturated rings. The SMILES string of the molecule is CN=C(NCCc1ccc(OC)cc1Cl)NCc1ccc(OC)nc1. The molecule has 0 aliphatic rings. The van der Waals surface area contributed by atoms with Crippen LogP contribution in [0.3, 0.4) is 0 Å². The van der Waals surface area contributed by atoms with Gasteiger partial charge in [-0.3, -0.25) is 4.99 Å². The summed E-state index contributed by atoms with van der Waals surface area (Å²) < 4.78 is 10.2. The van der Waals surface area contributed by atoms with E-state index in [1.807, 2.05) is 30.3 Å². The number of rotatable bonds is 7. The Labute approximate surface area is 153 Å². The largest absolute Gasteiger partial charge is 0.497 e. The summed E-state index contributed by atoms with van der Waals surface area (Å²) in [7, 11) is 4.96.